The van der Waals surface area contributed by atoms with E-state index in [0.717, 1.165) is 30.6 Å². The minimum Gasteiger partial charge on any atom is -0.261 e. The zero-order chi connectivity index (χ0) is 10.3. The predicted molar refractivity (Wildman–Crippen MR) is 65.5 cm³/mol. The third-order valence-corrected chi connectivity index (χ3v) is 4.39. The summed E-state index contributed by atoms with van der Waals surface area (Å²) in [5.74, 6) is 2.80. The van der Waals surface area contributed by atoms with E-state index in [1.807, 2.05) is 0 Å². The first-order valence-corrected chi connectivity index (χ1v) is 6.70. The number of hydrogen-bond acceptors (Lipinski definition) is 3. The molecule has 4 nitrogen and oxygen atoms in total. The molecule has 1 unspecified atom stereocenters. The second-order valence-corrected chi connectivity index (χ2v) is 5.39. The van der Waals surface area contributed by atoms with E-state index in [9.17, 15) is 0 Å². The van der Waals surface area contributed by atoms with Crippen LogP contribution in [0.2, 0.25) is 0 Å². The molecule has 5 heteroatoms. The highest BCUT2D eigenvalue weighted by Crippen LogP contribution is 2.52. The Morgan fingerprint density at radius 2 is 1.80 bits per heavy atom. The third kappa shape index (κ3) is 1.80. The molecule has 3 rings (SSSR count). The molecule has 2 aliphatic rings. The number of fused-ring (bicyclic) bond motifs is 2. The number of H-pyrrole nitrogens is 1. The second kappa shape index (κ2) is 4.01. The normalized spacial score (nSPS) is 33.8. The van der Waals surface area contributed by atoms with Crippen LogP contribution in [0.15, 0.2) is 0 Å². The van der Waals surface area contributed by atoms with Crippen molar-refractivity contribution in [3.05, 3.63) is 11.4 Å². The van der Waals surface area contributed by atoms with Gasteiger partial charge in [0.25, 0.3) is 0 Å². The largest absolute Gasteiger partial charge is 0.261 e. The molecule has 1 aromatic heterocycles. The first kappa shape index (κ1) is 10.0. The standard InChI is InChI=1S/C10H15IN4/c11-12-5-8-6-1-3-9-10(14-15-13-9)4-2-7(6)8/h6-8,12H,1-5H2,(H,13,14,15)/t6-,7+,8?. The molecule has 2 aliphatic carbocycles. The van der Waals surface area contributed by atoms with Crippen LogP contribution in [-0.2, 0) is 12.8 Å². The van der Waals surface area contributed by atoms with E-state index in [1.54, 1.807) is 0 Å². The highest BCUT2D eigenvalue weighted by molar-refractivity contribution is 14.1. The minimum absolute atomic E-state index is 0.912. The fraction of sp³-hybridized carbons (Fsp3) is 0.800. The molecule has 0 radical (unpaired) electrons. The van der Waals surface area contributed by atoms with Crippen molar-refractivity contribution < 1.29 is 0 Å². The molecule has 0 spiro atoms. The van der Waals surface area contributed by atoms with Crippen LogP contribution < -0.4 is 3.53 Å². The Bertz CT molecular complexity index is 322. The van der Waals surface area contributed by atoms with Crippen molar-refractivity contribution in [3.63, 3.8) is 0 Å². The van der Waals surface area contributed by atoms with Crippen molar-refractivity contribution in [1.82, 2.24) is 18.9 Å². The molecule has 2 N–H and O–H groups in total. The molecular weight excluding hydrogens is 303 g/mol. The van der Waals surface area contributed by atoms with Gasteiger partial charge in [-0.25, -0.2) is 0 Å². The Morgan fingerprint density at radius 1 is 1.20 bits per heavy atom. The number of nitrogens with one attached hydrogen (secondary N) is 2. The molecule has 1 fully saturated rings. The Balaban J connectivity index is 1.69. The van der Waals surface area contributed by atoms with Crippen molar-refractivity contribution in [2.45, 2.75) is 25.7 Å². The summed E-state index contributed by atoms with van der Waals surface area (Å²) in [5.41, 5.74) is 2.42. The van der Waals surface area contributed by atoms with E-state index in [1.165, 1.54) is 30.8 Å². The van der Waals surface area contributed by atoms with Crippen molar-refractivity contribution in [2.75, 3.05) is 6.54 Å². The van der Waals surface area contributed by atoms with Crippen LogP contribution in [0.1, 0.15) is 24.2 Å². The molecule has 3 atom stereocenters. The average Bonchev–Trinajstić information content (AvgIpc) is 2.67. The van der Waals surface area contributed by atoms with Gasteiger partial charge in [-0.3, -0.25) is 3.53 Å². The number of aromatic nitrogens is 3. The van der Waals surface area contributed by atoms with Gasteiger partial charge < -0.3 is 0 Å². The van der Waals surface area contributed by atoms with Gasteiger partial charge in [-0.15, -0.1) is 0 Å². The van der Waals surface area contributed by atoms with Gasteiger partial charge in [0.1, 0.15) is 0 Å². The lowest BCUT2D eigenvalue weighted by molar-refractivity contribution is 0.579. The molecule has 0 saturated heterocycles. The Hall–Kier alpha value is -0.170. The summed E-state index contributed by atoms with van der Waals surface area (Å²) in [7, 11) is 0. The summed E-state index contributed by atoms with van der Waals surface area (Å²) in [6.07, 6.45) is 4.83. The molecule has 15 heavy (non-hydrogen) atoms. The van der Waals surface area contributed by atoms with Gasteiger partial charge in [0.15, 0.2) is 0 Å². The molecule has 1 aromatic rings. The zero-order valence-electron chi connectivity index (χ0n) is 8.54. The zero-order valence-corrected chi connectivity index (χ0v) is 10.7. The molecule has 0 aliphatic heterocycles. The first-order chi connectivity index (χ1) is 7.40. The van der Waals surface area contributed by atoms with Crippen molar-refractivity contribution in [3.8, 4) is 0 Å². The van der Waals surface area contributed by atoms with Crippen LogP contribution in [0.25, 0.3) is 0 Å². The number of halogens is 1. The smallest absolute Gasteiger partial charge is 0.0856 e. The molecule has 0 aromatic carbocycles. The van der Waals surface area contributed by atoms with Crippen molar-refractivity contribution >= 4 is 22.9 Å². The molecule has 1 heterocycles. The summed E-state index contributed by atoms with van der Waals surface area (Å²) in [4.78, 5) is 0. The third-order valence-electron chi connectivity index (χ3n) is 3.95. The quantitative estimate of drug-likeness (QED) is 0.642. The van der Waals surface area contributed by atoms with Gasteiger partial charge in [-0.05, 0) is 43.4 Å². The Labute approximate surface area is 103 Å². The van der Waals surface area contributed by atoms with E-state index in [0.29, 0.717) is 0 Å². The molecular formula is C10H15IN4. The minimum atomic E-state index is 0.912. The van der Waals surface area contributed by atoms with Crippen LogP contribution in [0.3, 0.4) is 0 Å². The fourth-order valence-electron chi connectivity index (χ4n) is 3.05. The number of aryl methyl sites for hydroxylation is 2. The van der Waals surface area contributed by atoms with Crippen LogP contribution in [0, 0.1) is 17.8 Å². The van der Waals surface area contributed by atoms with Crippen molar-refractivity contribution in [2.24, 2.45) is 17.8 Å². The monoisotopic (exact) mass is 318 g/mol. The second-order valence-electron chi connectivity index (χ2n) is 4.62. The SMILES string of the molecule is INCC1[C@H]2CCc3n[nH]nc3CC[C@@H]12. The maximum absolute atomic E-state index is 4.23. The fourth-order valence-corrected chi connectivity index (χ4v) is 3.56. The molecule has 0 amide bonds. The van der Waals surface area contributed by atoms with Crippen LogP contribution in [-0.4, -0.2) is 22.0 Å². The summed E-state index contributed by atoms with van der Waals surface area (Å²) in [5, 5.41) is 11.2. The lowest BCUT2D eigenvalue weighted by Crippen LogP contribution is -2.04. The Kier molecular flexibility index (Phi) is 2.68. The number of aromatic amines is 1. The van der Waals surface area contributed by atoms with Crippen molar-refractivity contribution in [1.29, 1.82) is 0 Å². The Morgan fingerprint density at radius 3 is 2.33 bits per heavy atom. The van der Waals surface area contributed by atoms with E-state index in [4.69, 9.17) is 0 Å². The van der Waals surface area contributed by atoms with E-state index < -0.39 is 0 Å². The molecule has 1 saturated carbocycles. The van der Waals surface area contributed by atoms with Crippen LogP contribution >= 0.6 is 22.9 Å². The van der Waals surface area contributed by atoms with Gasteiger partial charge in [-0.1, -0.05) is 0 Å². The lowest BCUT2D eigenvalue weighted by atomic mass is 10.0. The lowest BCUT2D eigenvalue weighted by Gasteiger charge is -2.04. The molecule has 82 valence electrons. The topological polar surface area (TPSA) is 53.6 Å². The van der Waals surface area contributed by atoms with Crippen LogP contribution in [0.4, 0.5) is 0 Å². The van der Waals surface area contributed by atoms with E-state index in [-0.39, 0.29) is 0 Å². The maximum Gasteiger partial charge on any atom is 0.0856 e. The van der Waals surface area contributed by atoms with Crippen LogP contribution in [0.5, 0.6) is 0 Å². The molecule has 0 bridgehead atoms. The number of rotatable bonds is 2. The highest BCUT2D eigenvalue weighted by Gasteiger charge is 2.48. The summed E-state index contributed by atoms with van der Waals surface area (Å²) >= 11 is 2.25. The highest BCUT2D eigenvalue weighted by atomic mass is 127. The van der Waals surface area contributed by atoms with Gasteiger partial charge >= 0.3 is 0 Å². The number of nitrogens with zero attached hydrogens (tertiary/aromatic N) is 2. The van der Waals surface area contributed by atoms with Gasteiger partial charge in [0, 0.05) is 29.4 Å². The summed E-state index contributed by atoms with van der Waals surface area (Å²) in [6.45, 7) is 1.17. The average molecular weight is 318 g/mol. The van der Waals surface area contributed by atoms with E-state index >= 15 is 0 Å². The van der Waals surface area contributed by atoms with E-state index in [2.05, 4.69) is 41.8 Å². The predicted octanol–water partition coefficient (Wildman–Crippen LogP) is 1.49. The first-order valence-electron chi connectivity index (χ1n) is 5.62. The summed E-state index contributed by atoms with van der Waals surface area (Å²) in [6, 6.07) is 0. The van der Waals surface area contributed by atoms with Gasteiger partial charge in [0.05, 0.1) is 11.4 Å². The van der Waals surface area contributed by atoms with Gasteiger partial charge in [-0.2, -0.15) is 15.4 Å². The maximum atomic E-state index is 4.23. The number of hydrogen-bond donors (Lipinski definition) is 2. The summed E-state index contributed by atoms with van der Waals surface area (Å²) < 4.78 is 3.27. The van der Waals surface area contributed by atoms with Gasteiger partial charge in [0.2, 0.25) is 0 Å².